The summed E-state index contributed by atoms with van der Waals surface area (Å²) >= 11 is 5.58. The summed E-state index contributed by atoms with van der Waals surface area (Å²) in [5, 5.41) is -0.130. The van der Waals surface area contributed by atoms with Crippen LogP contribution in [0.3, 0.4) is 0 Å². The molecule has 2 rings (SSSR count). The lowest BCUT2D eigenvalue weighted by Crippen LogP contribution is -2.17. The van der Waals surface area contributed by atoms with Gasteiger partial charge in [-0.05, 0) is 42.3 Å². The zero-order chi connectivity index (χ0) is 18.0. The van der Waals surface area contributed by atoms with E-state index in [1.165, 1.54) is 18.2 Å². The van der Waals surface area contributed by atoms with E-state index in [0.29, 0.717) is 6.07 Å². The summed E-state index contributed by atoms with van der Waals surface area (Å²) in [6.07, 6.45) is -3.03. The molecular weight excluding hydrogens is 363 g/mol. The van der Waals surface area contributed by atoms with Gasteiger partial charge in [-0.2, -0.15) is 13.2 Å². The van der Waals surface area contributed by atoms with Gasteiger partial charge in [0.15, 0.2) is 0 Å². The first-order chi connectivity index (χ1) is 11.1. The van der Waals surface area contributed by atoms with Gasteiger partial charge in [0.05, 0.1) is 16.1 Å². The van der Waals surface area contributed by atoms with Crippen LogP contribution in [0.5, 0.6) is 0 Å². The van der Waals surface area contributed by atoms with Crippen LogP contribution < -0.4 is 4.72 Å². The first-order valence-electron chi connectivity index (χ1n) is 7.12. The van der Waals surface area contributed by atoms with Crippen LogP contribution in [-0.2, 0) is 22.6 Å². The van der Waals surface area contributed by atoms with E-state index in [4.69, 9.17) is 11.6 Å². The molecule has 1 N–H and O–H groups in total. The van der Waals surface area contributed by atoms with Crippen LogP contribution in [0, 0.1) is 0 Å². The SMILES string of the molecule is CCCc1ccc(S(=O)(=O)Nc2ccc(Cl)cc2C(F)(F)F)cc1. The Bertz CT molecular complexity index is 818. The van der Waals surface area contributed by atoms with Gasteiger partial charge in [0.1, 0.15) is 0 Å². The minimum atomic E-state index is -4.73. The molecule has 0 fully saturated rings. The monoisotopic (exact) mass is 377 g/mol. The average Bonchev–Trinajstić information content (AvgIpc) is 2.49. The number of anilines is 1. The number of aryl methyl sites for hydroxylation is 1. The Morgan fingerprint density at radius 2 is 1.71 bits per heavy atom. The predicted octanol–water partition coefficient (Wildman–Crippen LogP) is 5.11. The number of hydrogen-bond acceptors (Lipinski definition) is 2. The van der Waals surface area contributed by atoms with E-state index in [9.17, 15) is 21.6 Å². The molecule has 24 heavy (non-hydrogen) atoms. The molecule has 0 amide bonds. The van der Waals surface area contributed by atoms with Crippen molar-refractivity contribution in [1.82, 2.24) is 0 Å². The van der Waals surface area contributed by atoms with Gasteiger partial charge in [-0.25, -0.2) is 8.42 Å². The van der Waals surface area contributed by atoms with Crippen LogP contribution in [0.15, 0.2) is 47.4 Å². The minimum absolute atomic E-state index is 0.106. The number of sulfonamides is 1. The molecule has 130 valence electrons. The van der Waals surface area contributed by atoms with Crippen LogP contribution in [0.1, 0.15) is 24.5 Å². The van der Waals surface area contributed by atoms with Gasteiger partial charge in [0.2, 0.25) is 0 Å². The molecule has 2 aromatic rings. The van der Waals surface area contributed by atoms with Crippen LogP contribution in [0.4, 0.5) is 18.9 Å². The summed E-state index contributed by atoms with van der Waals surface area (Å²) in [4.78, 5) is -0.106. The Kier molecular flexibility index (Phi) is 5.45. The van der Waals surface area contributed by atoms with E-state index in [2.05, 4.69) is 0 Å². The van der Waals surface area contributed by atoms with Crippen molar-refractivity contribution in [3.8, 4) is 0 Å². The fourth-order valence-electron chi connectivity index (χ4n) is 2.17. The lowest BCUT2D eigenvalue weighted by molar-refractivity contribution is -0.136. The quantitative estimate of drug-likeness (QED) is 0.786. The topological polar surface area (TPSA) is 46.2 Å². The summed E-state index contributed by atoms with van der Waals surface area (Å²) < 4.78 is 65.8. The van der Waals surface area contributed by atoms with E-state index in [0.717, 1.165) is 24.5 Å². The molecule has 0 saturated carbocycles. The van der Waals surface area contributed by atoms with Crippen molar-refractivity contribution in [3.63, 3.8) is 0 Å². The normalized spacial score (nSPS) is 12.2. The maximum Gasteiger partial charge on any atom is 0.418 e. The van der Waals surface area contributed by atoms with Crippen molar-refractivity contribution in [2.45, 2.75) is 30.8 Å². The zero-order valence-electron chi connectivity index (χ0n) is 12.7. The fourth-order valence-corrected chi connectivity index (χ4v) is 3.42. The molecule has 0 aliphatic rings. The molecule has 3 nitrogen and oxygen atoms in total. The maximum atomic E-state index is 13.1. The van der Waals surface area contributed by atoms with Crippen molar-refractivity contribution in [1.29, 1.82) is 0 Å². The minimum Gasteiger partial charge on any atom is -0.279 e. The molecule has 0 bridgehead atoms. The first kappa shape index (κ1) is 18.6. The predicted molar refractivity (Wildman–Crippen MR) is 87.7 cm³/mol. The van der Waals surface area contributed by atoms with E-state index in [1.54, 1.807) is 12.1 Å². The number of alkyl halides is 3. The summed E-state index contributed by atoms with van der Waals surface area (Å²) in [7, 11) is -4.13. The maximum absolute atomic E-state index is 13.1. The number of nitrogens with one attached hydrogen (secondary N) is 1. The molecule has 0 aliphatic heterocycles. The van der Waals surface area contributed by atoms with Gasteiger partial charge < -0.3 is 0 Å². The Hall–Kier alpha value is -1.73. The molecular formula is C16H15ClF3NO2S. The third-order valence-corrected chi connectivity index (χ3v) is 4.92. The van der Waals surface area contributed by atoms with Gasteiger partial charge in [0.25, 0.3) is 10.0 Å². The second kappa shape index (κ2) is 7.03. The Balaban J connectivity index is 2.36. The second-order valence-electron chi connectivity index (χ2n) is 5.19. The summed E-state index contributed by atoms with van der Waals surface area (Å²) in [6.45, 7) is 1.99. The Morgan fingerprint density at radius 1 is 1.08 bits per heavy atom. The fraction of sp³-hybridized carbons (Fsp3) is 0.250. The third-order valence-electron chi connectivity index (χ3n) is 3.30. The standard InChI is InChI=1S/C16H15ClF3NO2S/c1-2-3-11-4-7-13(8-5-11)24(22,23)21-15-9-6-12(17)10-14(15)16(18,19)20/h4-10,21H,2-3H2,1H3. The molecule has 8 heteroatoms. The largest absolute Gasteiger partial charge is 0.418 e. The molecule has 0 unspecified atom stereocenters. The first-order valence-corrected chi connectivity index (χ1v) is 8.98. The second-order valence-corrected chi connectivity index (χ2v) is 7.31. The van der Waals surface area contributed by atoms with E-state index >= 15 is 0 Å². The van der Waals surface area contributed by atoms with Crippen LogP contribution >= 0.6 is 11.6 Å². The van der Waals surface area contributed by atoms with Gasteiger partial charge in [0, 0.05) is 5.02 Å². The van der Waals surface area contributed by atoms with Crippen molar-refractivity contribution >= 4 is 27.3 Å². The van der Waals surface area contributed by atoms with Crippen molar-refractivity contribution in [2.24, 2.45) is 0 Å². The highest BCUT2D eigenvalue weighted by Crippen LogP contribution is 2.37. The number of rotatable bonds is 5. The van der Waals surface area contributed by atoms with E-state index in [-0.39, 0.29) is 9.92 Å². The smallest absolute Gasteiger partial charge is 0.279 e. The molecule has 0 aliphatic carbocycles. The Labute approximate surface area is 143 Å². The van der Waals surface area contributed by atoms with Gasteiger partial charge in [-0.15, -0.1) is 0 Å². The number of hydrogen-bond donors (Lipinski definition) is 1. The molecule has 0 saturated heterocycles. The van der Waals surface area contributed by atoms with Gasteiger partial charge in [-0.1, -0.05) is 37.1 Å². The number of benzene rings is 2. The zero-order valence-corrected chi connectivity index (χ0v) is 14.3. The summed E-state index contributed by atoms with van der Waals surface area (Å²) in [6, 6.07) is 8.90. The van der Waals surface area contributed by atoms with Crippen LogP contribution in [0.25, 0.3) is 0 Å². The van der Waals surface area contributed by atoms with Crippen molar-refractivity contribution in [2.75, 3.05) is 4.72 Å². The Morgan fingerprint density at radius 3 is 2.25 bits per heavy atom. The molecule has 0 radical (unpaired) electrons. The average molecular weight is 378 g/mol. The molecule has 2 aromatic carbocycles. The highest BCUT2D eigenvalue weighted by atomic mass is 35.5. The molecule has 0 heterocycles. The van der Waals surface area contributed by atoms with E-state index < -0.39 is 27.5 Å². The third kappa shape index (κ3) is 4.42. The summed E-state index contributed by atoms with van der Waals surface area (Å²) in [5.74, 6) is 0. The van der Waals surface area contributed by atoms with Gasteiger partial charge >= 0.3 is 6.18 Å². The highest BCUT2D eigenvalue weighted by molar-refractivity contribution is 7.92. The number of halogens is 4. The van der Waals surface area contributed by atoms with Crippen LogP contribution in [0.2, 0.25) is 5.02 Å². The summed E-state index contributed by atoms with van der Waals surface area (Å²) in [5.41, 5.74) is -0.746. The van der Waals surface area contributed by atoms with Gasteiger partial charge in [-0.3, -0.25) is 4.72 Å². The molecule has 0 spiro atoms. The van der Waals surface area contributed by atoms with Crippen molar-refractivity contribution in [3.05, 3.63) is 58.6 Å². The van der Waals surface area contributed by atoms with Crippen LogP contribution in [-0.4, -0.2) is 8.42 Å². The molecule has 0 aromatic heterocycles. The van der Waals surface area contributed by atoms with E-state index in [1.807, 2.05) is 11.6 Å². The lowest BCUT2D eigenvalue weighted by atomic mass is 10.1. The highest BCUT2D eigenvalue weighted by Gasteiger charge is 2.35. The van der Waals surface area contributed by atoms with Crippen molar-refractivity contribution < 1.29 is 21.6 Å². The lowest BCUT2D eigenvalue weighted by Gasteiger charge is -2.15. The molecule has 0 atom stereocenters.